The summed E-state index contributed by atoms with van der Waals surface area (Å²) in [6.07, 6.45) is 2.01. The molecule has 114 valence electrons. The van der Waals surface area contributed by atoms with Gasteiger partial charge in [0.25, 0.3) is 0 Å². The Bertz CT molecular complexity index is 583. The quantitative estimate of drug-likeness (QED) is 0.673. The molecule has 1 aromatic carbocycles. The molecule has 3 N–H and O–H groups in total. The number of carbonyl (C=O) groups excluding carboxylic acids is 1. The van der Waals surface area contributed by atoms with Crippen LogP contribution in [0.2, 0.25) is 10.0 Å². The summed E-state index contributed by atoms with van der Waals surface area (Å²) in [5.41, 5.74) is 0.368. The van der Waals surface area contributed by atoms with E-state index >= 15 is 0 Å². The maximum absolute atomic E-state index is 12.0. The van der Waals surface area contributed by atoms with E-state index in [9.17, 15) is 9.59 Å². The van der Waals surface area contributed by atoms with Crippen LogP contribution >= 0.6 is 39.1 Å². The van der Waals surface area contributed by atoms with Gasteiger partial charge in [-0.3, -0.25) is 4.79 Å². The Morgan fingerprint density at radius 2 is 1.95 bits per heavy atom. The number of hydrogen-bond acceptors (Lipinski definition) is 2. The molecule has 1 fully saturated rings. The van der Waals surface area contributed by atoms with Crippen LogP contribution in [0.1, 0.15) is 19.3 Å². The molecule has 1 aliphatic rings. The van der Waals surface area contributed by atoms with Gasteiger partial charge in [0, 0.05) is 10.5 Å². The average Bonchev–Trinajstić information content (AvgIpc) is 2.88. The van der Waals surface area contributed by atoms with Gasteiger partial charge in [-0.25, -0.2) is 4.79 Å². The Morgan fingerprint density at radius 1 is 1.24 bits per heavy atom. The number of anilines is 1. The number of carboxylic acids is 1. The summed E-state index contributed by atoms with van der Waals surface area (Å²) >= 11 is 15.2. The Labute approximate surface area is 140 Å². The van der Waals surface area contributed by atoms with E-state index in [4.69, 9.17) is 28.3 Å². The van der Waals surface area contributed by atoms with E-state index in [0.29, 0.717) is 28.0 Å². The molecule has 0 aliphatic heterocycles. The highest BCUT2D eigenvalue weighted by molar-refractivity contribution is 9.10. The first-order chi connectivity index (χ1) is 9.90. The zero-order chi connectivity index (χ0) is 15.6. The molecule has 0 bridgehead atoms. The SMILES string of the molecule is O=C(Nc1ccc(Br)c(Cl)c1Cl)NC1CCCC1C(=O)O. The van der Waals surface area contributed by atoms with Crippen LogP contribution in [0.5, 0.6) is 0 Å². The number of amides is 2. The zero-order valence-corrected chi connectivity index (χ0v) is 13.9. The van der Waals surface area contributed by atoms with E-state index in [1.807, 2.05) is 0 Å². The lowest BCUT2D eigenvalue weighted by atomic mass is 10.0. The van der Waals surface area contributed by atoms with Crippen molar-refractivity contribution in [2.45, 2.75) is 25.3 Å². The number of halogens is 3. The number of nitrogens with one attached hydrogen (secondary N) is 2. The van der Waals surface area contributed by atoms with Crippen molar-refractivity contribution in [1.82, 2.24) is 5.32 Å². The third-order valence-electron chi connectivity index (χ3n) is 3.43. The maximum Gasteiger partial charge on any atom is 0.319 e. The van der Waals surface area contributed by atoms with Crippen LogP contribution in [0, 0.1) is 5.92 Å². The van der Waals surface area contributed by atoms with Crippen LogP contribution in [0.15, 0.2) is 16.6 Å². The fourth-order valence-corrected chi connectivity index (χ4v) is 3.20. The second kappa shape index (κ2) is 6.85. The molecule has 0 saturated heterocycles. The third kappa shape index (κ3) is 3.81. The van der Waals surface area contributed by atoms with Gasteiger partial charge in [0.2, 0.25) is 0 Å². The van der Waals surface area contributed by atoms with Crippen LogP contribution in [0.3, 0.4) is 0 Å². The predicted molar refractivity (Wildman–Crippen MR) is 85.1 cm³/mol. The van der Waals surface area contributed by atoms with Gasteiger partial charge in [-0.15, -0.1) is 0 Å². The molecule has 21 heavy (non-hydrogen) atoms. The Kier molecular flexibility index (Phi) is 5.35. The molecular formula is C13H13BrCl2N2O3. The molecule has 1 aliphatic carbocycles. The van der Waals surface area contributed by atoms with Crippen molar-refractivity contribution in [3.8, 4) is 0 Å². The number of rotatable bonds is 3. The smallest absolute Gasteiger partial charge is 0.319 e. The fourth-order valence-electron chi connectivity index (χ4n) is 2.38. The minimum Gasteiger partial charge on any atom is -0.481 e. The number of carboxylic acid groups (broad SMARTS) is 1. The second-order valence-electron chi connectivity index (χ2n) is 4.80. The van der Waals surface area contributed by atoms with Gasteiger partial charge >= 0.3 is 12.0 Å². The molecule has 2 amide bonds. The number of urea groups is 1. The summed E-state index contributed by atoms with van der Waals surface area (Å²) in [5.74, 6) is -1.43. The van der Waals surface area contributed by atoms with Crippen LogP contribution in [-0.2, 0) is 4.79 Å². The lowest BCUT2D eigenvalue weighted by molar-refractivity contribution is -0.142. The summed E-state index contributed by atoms with van der Waals surface area (Å²) in [4.78, 5) is 23.0. The zero-order valence-electron chi connectivity index (χ0n) is 10.8. The van der Waals surface area contributed by atoms with Gasteiger partial charge in [-0.2, -0.15) is 0 Å². The molecule has 0 aromatic heterocycles. The van der Waals surface area contributed by atoms with Gasteiger partial charge in [-0.05, 0) is 40.9 Å². The molecular weight excluding hydrogens is 383 g/mol. The third-order valence-corrected chi connectivity index (χ3v) is 5.20. The number of aliphatic carboxylic acids is 1. The molecule has 0 heterocycles. The lowest BCUT2D eigenvalue weighted by Crippen LogP contribution is -2.42. The van der Waals surface area contributed by atoms with Crippen LogP contribution in [0.4, 0.5) is 10.5 Å². The molecule has 2 rings (SSSR count). The first-order valence-corrected chi connectivity index (χ1v) is 7.89. The fraction of sp³-hybridized carbons (Fsp3) is 0.385. The highest BCUT2D eigenvalue weighted by atomic mass is 79.9. The standard InChI is InChI=1S/C13H13BrCl2N2O3/c14-7-4-5-9(11(16)10(7)15)18-13(21)17-8-3-1-2-6(8)12(19)20/h4-6,8H,1-3H2,(H,19,20)(H2,17,18,21). The van der Waals surface area contributed by atoms with Crippen LogP contribution in [-0.4, -0.2) is 23.1 Å². The van der Waals surface area contributed by atoms with E-state index < -0.39 is 17.9 Å². The lowest BCUT2D eigenvalue weighted by Gasteiger charge is -2.18. The van der Waals surface area contributed by atoms with Gasteiger partial charge in [-0.1, -0.05) is 29.6 Å². The summed E-state index contributed by atoms with van der Waals surface area (Å²) in [7, 11) is 0. The number of hydrogen-bond donors (Lipinski definition) is 3. The van der Waals surface area contributed by atoms with E-state index in [0.717, 1.165) is 6.42 Å². The summed E-state index contributed by atoms with van der Waals surface area (Å²) in [6.45, 7) is 0. The Balaban J connectivity index is 2.02. The van der Waals surface area contributed by atoms with Crippen molar-refractivity contribution in [1.29, 1.82) is 0 Å². The van der Waals surface area contributed by atoms with E-state index in [2.05, 4.69) is 26.6 Å². The van der Waals surface area contributed by atoms with E-state index in [-0.39, 0.29) is 11.1 Å². The highest BCUT2D eigenvalue weighted by Gasteiger charge is 2.33. The van der Waals surface area contributed by atoms with Crippen molar-refractivity contribution < 1.29 is 14.7 Å². The normalized spacial score (nSPS) is 21.1. The maximum atomic E-state index is 12.0. The van der Waals surface area contributed by atoms with E-state index in [1.165, 1.54) is 0 Å². The Morgan fingerprint density at radius 3 is 2.62 bits per heavy atom. The van der Waals surface area contributed by atoms with Crippen molar-refractivity contribution >= 4 is 56.8 Å². The second-order valence-corrected chi connectivity index (χ2v) is 6.41. The van der Waals surface area contributed by atoms with Crippen molar-refractivity contribution in [2.24, 2.45) is 5.92 Å². The minimum atomic E-state index is -0.887. The molecule has 0 spiro atoms. The molecule has 8 heteroatoms. The van der Waals surface area contributed by atoms with Crippen molar-refractivity contribution in [2.75, 3.05) is 5.32 Å². The van der Waals surface area contributed by atoms with Crippen LogP contribution < -0.4 is 10.6 Å². The highest BCUT2D eigenvalue weighted by Crippen LogP contribution is 2.35. The van der Waals surface area contributed by atoms with Gasteiger partial charge in [0.1, 0.15) is 0 Å². The monoisotopic (exact) mass is 394 g/mol. The first kappa shape index (κ1) is 16.4. The number of carbonyl (C=O) groups is 2. The molecule has 0 radical (unpaired) electrons. The molecule has 1 saturated carbocycles. The molecule has 1 aromatic rings. The summed E-state index contributed by atoms with van der Waals surface area (Å²) in [6, 6.07) is 2.42. The van der Waals surface area contributed by atoms with Crippen molar-refractivity contribution in [3.05, 3.63) is 26.7 Å². The largest absolute Gasteiger partial charge is 0.481 e. The van der Waals surface area contributed by atoms with E-state index in [1.54, 1.807) is 12.1 Å². The molecule has 2 atom stereocenters. The van der Waals surface area contributed by atoms with Gasteiger partial charge in [0.05, 0.1) is 21.7 Å². The molecule has 2 unspecified atom stereocenters. The van der Waals surface area contributed by atoms with Crippen LogP contribution in [0.25, 0.3) is 0 Å². The first-order valence-electron chi connectivity index (χ1n) is 6.34. The Hall–Kier alpha value is -0.980. The molecule has 5 nitrogen and oxygen atoms in total. The average molecular weight is 396 g/mol. The topological polar surface area (TPSA) is 78.4 Å². The van der Waals surface area contributed by atoms with Gasteiger partial charge in [0.15, 0.2) is 0 Å². The number of benzene rings is 1. The van der Waals surface area contributed by atoms with Crippen molar-refractivity contribution in [3.63, 3.8) is 0 Å². The summed E-state index contributed by atoms with van der Waals surface area (Å²) < 4.78 is 0.627. The summed E-state index contributed by atoms with van der Waals surface area (Å²) in [5, 5.41) is 14.9. The minimum absolute atomic E-state index is 0.224. The predicted octanol–water partition coefficient (Wildman–Crippen LogP) is 4.13. The van der Waals surface area contributed by atoms with Gasteiger partial charge < -0.3 is 15.7 Å².